The number of nitrogens with zero attached hydrogens (tertiary/aromatic N) is 3. The van der Waals surface area contributed by atoms with Gasteiger partial charge in [0.15, 0.2) is 16.3 Å². The number of rotatable bonds is 9. The quantitative estimate of drug-likeness (QED) is 0.221. The van der Waals surface area contributed by atoms with Crippen molar-refractivity contribution in [2.75, 3.05) is 18.5 Å². The van der Waals surface area contributed by atoms with E-state index in [0.29, 0.717) is 38.5 Å². The van der Waals surface area contributed by atoms with Crippen LogP contribution in [-0.2, 0) is 20.9 Å². The van der Waals surface area contributed by atoms with Crippen LogP contribution in [0.25, 0.3) is 17.0 Å². The SMILES string of the molecule is CCOC(=O)Cn1c(C)c(/C=c2\sc3n(c2=O)[C@H](c2ccc(O)c(OCC)c2)C(C(=O)Nc2ccccc2)=C(C)N=3)c2ccccc21. The van der Waals surface area contributed by atoms with Crippen molar-refractivity contribution in [2.45, 2.75) is 40.3 Å². The molecule has 47 heavy (non-hydrogen) atoms. The molecular formula is C36H34N4O6S. The third-order valence-corrected chi connectivity index (χ3v) is 9.03. The lowest BCUT2D eigenvalue weighted by atomic mass is 9.94. The summed E-state index contributed by atoms with van der Waals surface area (Å²) in [5.74, 6) is -0.552. The number of phenols is 1. The van der Waals surface area contributed by atoms with Crippen LogP contribution < -0.4 is 24.9 Å². The van der Waals surface area contributed by atoms with Gasteiger partial charge in [0.25, 0.3) is 11.5 Å². The van der Waals surface area contributed by atoms with E-state index in [2.05, 4.69) is 5.32 Å². The lowest BCUT2D eigenvalue weighted by Crippen LogP contribution is -2.40. The van der Waals surface area contributed by atoms with Gasteiger partial charge in [0.05, 0.1) is 35.1 Å². The number of ether oxygens (including phenoxy) is 2. The van der Waals surface area contributed by atoms with E-state index in [4.69, 9.17) is 14.5 Å². The first kappa shape index (κ1) is 31.6. The van der Waals surface area contributed by atoms with Crippen LogP contribution in [0.5, 0.6) is 11.5 Å². The molecule has 0 saturated carbocycles. The van der Waals surface area contributed by atoms with E-state index in [-0.39, 0.29) is 36.2 Å². The topological polar surface area (TPSA) is 124 Å². The van der Waals surface area contributed by atoms with Crippen LogP contribution in [-0.4, -0.2) is 39.3 Å². The summed E-state index contributed by atoms with van der Waals surface area (Å²) in [5.41, 5.74) is 4.06. The number of aromatic nitrogens is 2. The van der Waals surface area contributed by atoms with Crippen molar-refractivity contribution in [2.24, 2.45) is 4.99 Å². The number of esters is 1. The Bertz CT molecular complexity index is 2230. The zero-order valence-corrected chi connectivity index (χ0v) is 27.3. The predicted octanol–water partition coefficient (Wildman–Crippen LogP) is 4.80. The van der Waals surface area contributed by atoms with Gasteiger partial charge in [0.2, 0.25) is 0 Å². The van der Waals surface area contributed by atoms with Gasteiger partial charge in [-0.05, 0) is 69.7 Å². The number of para-hydroxylation sites is 2. The first-order valence-corrected chi connectivity index (χ1v) is 16.1. The average molecular weight is 651 g/mol. The molecule has 5 aromatic rings. The van der Waals surface area contributed by atoms with E-state index in [0.717, 1.165) is 22.2 Å². The van der Waals surface area contributed by atoms with Crippen molar-refractivity contribution in [3.05, 3.63) is 121 Å². The molecule has 3 heterocycles. The Morgan fingerprint density at radius 3 is 2.51 bits per heavy atom. The number of carbonyl (C=O) groups excluding carboxylic acids is 2. The van der Waals surface area contributed by atoms with Crippen molar-refractivity contribution in [3.63, 3.8) is 0 Å². The maximum absolute atomic E-state index is 14.4. The Morgan fingerprint density at radius 1 is 1.02 bits per heavy atom. The molecule has 1 atom stereocenters. The Kier molecular flexibility index (Phi) is 8.82. The number of phenolic OH excluding ortho intramolecular Hbond substituents is 1. The molecule has 1 aliphatic rings. The lowest BCUT2D eigenvalue weighted by molar-refractivity contribution is -0.143. The molecule has 0 unspecified atom stereocenters. The molecule has 0 radical (unpaired) electrons. The fraction of sp³-hybridized carbons (Fsp3) is 0.222. The number of carbonyl (C=O) groups is 2. The predicted molar refractivity (Wildman–Crippen MR) is 181 cm³/mol. The fourth-order valence-electron chi connectivity index (χ4n) is 5.93. The van der Waals surface area contributed by atoms with Gasteiger partial charge in [-0.2, -0.15) is 0 Å². The number of benzene rings is 3. The van der Waals surface area contributed by atoms with Crippen LogP contribution in [0.15, 0.2) is 93.9 Å². The zero-order valence-electron chi connectivity index (χ0n) is 26.4. The second kappa shape index (κ2) is 13.1. The van der Waals surface area contributed by atoms with E-state index < -0.39 is 11.9 Å². The van der Waals surface area contributed by atoms with E-state index in [1.807, 2.05) is 67.0 Å². The molecule has 240 valence electrons. The molecule has 6 rings (SSSR count). The molecule has 0 aliphatic carbocycles. The molecule has 0 fully saturated rings. The minimum absolute atomic E-state index is 0.0391. The van der Waals surface area contributed by atoms with Crippen molar-refractivity contribution in [1.82, 2.24) is 9.13 Å². The van der Waals surface area contributed by atoms with Gasteiger partial charge in [-0.15, -0.1) is 0 Å². The van der Waals surface area contributed by atoms with Crippen LogP contribution in [0, 0.1) is 6.92 Å². The van der Waals surface area contributed by atoms with Crippen LogP contribution in [0.2, 0.25) is 0 Å². The van der Waals surface area contributed by atoms with E-state index in [1.165, 1.54) is 22.0 Å². The Morgan fingerprint density at radius 2 is 1.77 bits per heavy atom. The van der Waals surface area contributed by atoms with Crippen LogP contribution in [0.3, 0.4) is 0 Å². The summed E-state index contributed by atoms with van der Waals surface area (Å²) >= 11 is 1.22. The number of nitrogens with one attached hydrogen (secondary N) is 1. The fourth-order valence-corrected chi connectivity index (χ4v) is 6.96. The van der Waals surface area contributed by atoms with Gasteiger partial charge in [-0.25, -0.2) is 4.99 Å². The standard InChI is InChI=1S/C36H34N4O6S/c1-5-45-29-18-23(16-17-28(29)41)33-32(34(43)38-24-12-8-7-9-13-24)21(3)37-36-40(33)35(44)30(47-36)19-26-22(4)39(20-31(42)46-6-2)27-15-11-10-14-25(26)27/h7-19,33,41H,5-6,20H2,1-4H3,(H,38,43)/b30-19-/t33-/m1/s1. The highest BCUT2D eigenvalue weighted by Gasteiger charge is 2.33. The summed E-state index contributed by atoms with van der Waals surface area (Å²) in [6.45, 7) is 7.88. The maximum Gasteiger partial charge on any atom is 0.325 e. The third kappa shape index (κ3) is 5.97. The molecule has 0 spiro atoms. The molecule has 0 bridgehead atoms. The summed E-state index contributed by atoms with van der Waals surface area (Å²) in [4.78, 5) is 46.0. The molecule has 0 saturated heterocycles. The summed E-state index contributed by atoms with van der Waals surface area (Å²) in [6.07, 6.45) is 1.83. The molecule has 1 aliphatic heterocycles. The number of allylic oxidation sites excluding steroid dienone is 1. The highest BCUT2D eigenvalue weighted by molar-refractivity contribution is 7.07. The van der Waals surface area contributed by atoms with Crippen molar-refractivity contribution < 1.29 is 24.2 Å². The van der Waals surface area contributed by atoms with E-state index >= 15 is 0 Å². The lowest BCUT2D eigenvalue weighted by Gasteiger charge is -2.26. The minimum Gasteiger partial charge on any atom is -0.504 e. The molecule has 2 aromatic heterocycles. The van der Waals surface area contributed by atoms with Crippen molar-refractivity contribution >= 4 is 45.9 Å². The first-order chi connectivity index (χ1) is 22.7. The summed E-state index contributed by atoms with van der Waals surface area (Å²) < 4.78 is 14.7. The van der Waals surface area contributed by atoms with Gasteiger partial charge < -0.3 is 24.5 Å². The molecular weight excluding hydrogens is 616 g/mol. The summed E-state index contributed by atoms with van der Waals surface area (Å²) in [5, 5.41) is 14.3. The maximum atomic E-state index is 14.4. The normalized spacial score (nSPS) is 14.6. The molecule has 1 amide bonds. The Labute approximate surface area is 274 Å². The summed E-state index contributed by atoms with van der Waals surface area (Å²) in [7, 11) is 0. The third-order valence-electron chi connectivity index (χ3n) is 8.05. The van der Waals surface area contributed by atoms with Gasteiger partial charge in [0, 0.05) is 27.8 Å². The van der Waals surface area contributed by atoms with Crippen molar-refractivity contribution in [3.8, 4) is 11.5 Å². The average Bonchev–Trinajstić information content (AvgIpc) is 3.50. The Hall–Kier alpha value is -5.42. The number of hydrogen-bond donors (Lipinski definition) is 2. The minimum atomic E-state index is -0.858. The summed E-state index contributed by atoms with van der Waals surface area (Å²) in [6, 6.07) is 20.8. The van der Waals surface area contributed by atoms with Gasteiger partial charge >= 0.3 is 5.97 Å². The highest BCUT2D eigenvalue weighted by Crippen LogP contribution is 2.36. The van der Waals surface area contributed by atoms with Gasteiger partial charge in [-0.1, -0.05) is 53.8 Å². The second-order valence-corrected chi connectivity index (χ2v) is 12.0. The smallest absolute Gasteiger partial charge is 0.325 e. The molecule has 2 N–H and O–H groups in total. The monoisotopic (exact) mass is 650 g/mol. The van der Waals surface area contributed by atoms with Gasteiger partial charge in [0.1, 0.15) is 6.54 Å². The van der Waals surface area contributed by atoms with Crippen LogP contribution in [0.1, 0.15) is 43.6 Å². The molecule has 10 nitrogen and oxygen atoms in total. The second-order valence-electron chi connectivity index (χ2n) is 11.0. The number of hydrogen-bond acceptors (Lipinski definition) is 8. The van der Waals surface area contributed by atoms with Crippen LogP contribution in [0.4, 0.5) is 5.69 Å². The number of anilines is 1. The number of fused-ring (bicyclic) bond motifs is 2. The Balaban J connectivity index is 1.54. The van der Waals surface area contributed by atoms with Crippen molar-refractivity contribution in [1.29, 1.82) is 0 Å². The van der Waals surface area contributed by atoms with Gasteiger partial charge in [-0.3, -0.25) is 19.0 Å². The van der Waals surface area contributed by atoms with E-state index in [9.17, 15) is 19.5 Å². The molecule has 11 heteroatoms. The zero-order chi connectivity index (χ0) is 33.2. The first-order valence-electron chi connectivity index (χ1n) is 15.3. The highest BCUT2D eigenvalue weighted by atomic mass is 32.1. The largest absolute Gasteiger partial charge is 0.504 e. The number of thiazole rings is 1. The number of amides is 1. The van der Waals surface area contributed by atoms with Crippen LogP contribution >= 0.6 is 11.3 Å². The van der Waals surface area contributed by atoms with E-state index in [1.54, 1.807) is 38.1 Å². The number of aromatic hydroxyl groups is 1. The molecule has 3 aromatic carbocycles.